The van der Waals surface area contributed by atoms with Crippen molar-refractivity contribution in [1.82, 2.24) is 29.6 Å². The normalized spacial score (nSPS) is 19.3. The highest BCUT2D eigenvalue weighted by atomic mass is 16.1. The second kappa shape index (κ2) is 7.73. The lowest BCUT2D eigenvalue weighted by Crippen LogP contribution is -2.42. The number of nitriles is 1. The molecule has 0 atom stereocenters. The van der Waals surface area contributed by atoms with E-state index in [0.717, 1.165) is 55.7 Å². The summed E-state index contributed by atoms with van der Waals surface area (Å²) in [5, 5.41) is 17.1. The predicted molar refractivity (Wildman–Crippen MR) is 140 cm³/mol. The molecule has 0 radical (unpaired) electrons. The van der Waals surface area contributed by atoms with Gasteiger partial charge in [0.15, 0.2) is 5.65 Å². The lowest BCUT2D eigenvalue weighted by Gasteiger charge is -2.34. The molecule has 0 unspecified atom stereocenters. The monoisotopic (exact) mass is 492 g/mol. The molecule has 7 rings (SSSR count). The minimum Gasteiger partial charge on any atom is -0.324 e. The molecule has 1 aliphatic heterocycles. The summed E-state index contributed by atoms with van der Waals surface area (Å²) in [6, 6.07) is 12.7. The zero-order valence-electron chi connectivity index (χ0n) is 21.0. The van der Waals surface area contributed by atoms with Crippen molar-refractivity contribution in [1.29, 1.82) is 5.26 Å². The number of aromatic nitrogens is 5. The number of fused-ring (bicyclic) bond motifs is 2. The average molecular weight is 493 g/mol. The van der Waals surface area contributed by atoms with Crippen molar-refractivity contribution in [3.63, 3.8) is 0 Å². The van der Waals surface area contributed by atoms with Crippen LogP contribution in [-0.4, -0.2) is 30.9 Å². The fourth-order valence-electron chi connectivity index (χ4n) is 5.54. The summed E-state index contributed by atoms with van der Waals surface area (Å²) < 4.78 is 3.68. The molecule has 0 bridgehead atoms. The molecule has 2 aliphatic carbocycles. The third kappa shape index (κ3) is 3.55. The molecule has 2 saturated carbocycles. The van der Waals surface area contributed by atoms with Crippen LogP contribution in [0.2, 0.25) is 0 Å². The van der Waals surface area contributed by atoms with Gasteiger partial charge in [0.05, 0.1) is 28.9 Å². The van der Waals surface area contributed by atoms with Crippen LogP contribution in [0.25, 0.3) is 16.7 Å². The van der Waals surface area contributed by atoms with Crippen LogP contribution >= 0.6 is 0 Å². The first-order chi connectivity index (χ1) is 17.9. The zero-order chi connectivity index (χ0) is 25.4. The summed E-state index contributed by atoms with van der Waals surface area (Å²) >= 11 is 0. The van der Waals surface area contributed by atoms with E-state index in [1.165, 1.54) is 11.1 Å². The molecule has 9 nitrogen and oxygen atoms in total. The van der Waals surface area contributed by atoms with Crippen LogP contribution in [0.5, 0.6) is 0 Å². The third-order valence-electron chi connectivity index (χ3n) is 7.95. The van der Waals surface area contributed by atoms with Crippen LogP contribution in [0.1, 0.15) is 62.4 Å². The summed E-state index contributed by atoms with van der Waals surface area (Å²) in [5.74, 6) is 0.437. The Bertz CT molecular complexity index is 1670. The number of nitrogens with one attached hydrogen (secondary N) is 2. The van der Waals surface area contributed by atoms with Gasteiger partial charge >= 0.3 is 0 Å². The number of hydrogen-bond donors (Lipinski definition) is 2. The highest BCUT2D eigenvalue weighted by molar-refractivity contribution is 5.77. The van der Waals surface area contributed by atoms with Crippen LogP contribution in [0, 0.1) is 11.3 Å². The van der Waals surface area contributed by atoms with Gasteiger partial charge < -0.3 is 10.6 Å². The summed E-state index contributed by atoms with van der Waals surface area (Å²) in [6.45, 7) is 5.34. The lowest BCUT2D eigenvalue weighted by molar-refractivity contribution is 0.382. The van der Waals surface area contributed by atoms with Gasteiger partial charge in [-0.05, 0) is 87.9 Å². The molecule has 37 heavy (non-hydrogen) atoms. The minimum atomic E-state index is -0.512. The fraction of sp³-hybridized carbons (Fsp3) is 0.393. The first-order valence-electron chi connectivity index (χ1n) is 12.9. The van der Waals surface area contributed by atoms with E-state index in [9.17, 15) is 10.1 Å². The second-order valence-electron chi connectivity index (χ2n) is 11.0. The predicted octanol–water partition coefficient (Wildman–Crippen LogP) is 3.99. The van der Waals surface area contributed by atoms with E-state index in [2.05, 4.69) is 58.7 Å². The summed E-state index contributed by atoms with van der Waals surface area (Å²) in [7, 11) is 0. The van der Waals surface area contributed by atoms with Gasteiger partial charge in [-0.3, -0.25) is 9.78 Å². The number of pyridine rings is 1. The molecule has 3 aromatic heterocycles. The summed E-state index contributed by atoms with van der Waals surface area (Å²) in [6.07, 6.45) is 7.84. The standard InChI is InChI=1S/C28H28N8O/c1-27(2)22-6-3-18(13-17(22)7-12-32-27)33-26-31-15-21-24(34-26)35(36(25(21)37)19-4-5-19)20-8-11-30-23(14-20)28(16-29)9-10-28/h3,6,8,11,13-15,19,32H,4-5,7,9-10,12H2,1-2H3,(H,31,33,34). The van der Waals surface area contributed by atoms with Crippen LogP contribution in [0.4, 0.5) is 11.6 Å². The van der Waals surface area contributed by atoms with Crippen molar-refractivity contribution in [2.24, 2.45) is 0 Å². The number of anilines is 2. The molecule has 2 fully saturated rings. The smallest absolute Gasteiger partial charge is 0.278 e. The quantitative estimate of drug-likeness (QED) is 0.433. The average Bonchev–Trinajstić information content (AvgIpc) is 3.82. The Morgan fingerprint density at radius 3 is 2.76 bits per heavy atom. The highest BCUT2D eigenvalue weighted by Gasteiger charge is 2.46. The van der Waals surface area contributed by atoms with Crippen molar-refractivity contribution >= 4 is 22.7 Å². The van der Waals surface area contributed by atoms with Crippen LogP contribution < -0.4 is 16.2 Å². The third-order valence-corrected chi connectivity index (χ3v) is 7.95. The zero-order valence-corrected chi connectivity index (χ0v) is 21.0. The van der Waals surface area contributed by atoms with Gasteiger partial charge in [0.1, 0.15) is 5.39 Å². The SMILES string of the molecule is CC1(C)NCCc2cc(Nc3ncc4c(=O)n(C5CC5)n(-c5ccnc(C6(C#N)CC6)c5)c4n3)ccc21. The van der Waals surface area contributed by atoms with Crippen molar-refractivity contribution < 1.29 is 0 Å². The molecule has 9 heteroatoms. The molecule has 0 amide bonds. The largest absolute Gasteiger partial charge is 0.324 e. The van der Waals surface area contributed by atoms with Gasteiger partial charge in [0, 0.05) is 23.6 Å². The van der Waals surface area contributed by atoms with Crippen LogP contribution in [0.3, 0.4) is 0 Å². The van der Waals surface area contributed by atoms with Crippen molar-refractivity contribution in [3.05, 3.63) is 69.9 Å². The Kier molecular flexibility index (Phi) is 4.64. The Morgan fingerprint density at radius 2 is 2.00 bits per heavy atom. The van der Waals surface area contributed by atoms with E-state index in [1.54, 1.807) is 17.1 Å². The first-order valence-corrected chi connectivity index (χ1v) is 12.9. The van der Waals surface area contributed by atoms with Crippen molar-refractivity contribution in [2.45, 2.75) is 62.9 Å². The number of hydrogen-bond acceptors (Lipinski definition) is 7. The van der Waals surface area contributed by atoms with Gasteiger partial charge in [-0.25, -0.2) is 14.3 Å². The Balaban J connectivity index is 1.32. The molecular formula is C28H28N8O. The molecular weight excluding hydrogens is 464 g/mol. The van der Waals surface area contributed by atoms with Crippen LogP contribution in [0.15, 0.2) is 47.5 Å². The molecule has 186 valence electrons. The first kappa shape index (κ1) is 22.2. The maximum atomic E-state index is 13.4. The van der Waals surface area contributed by atoms with Gasteiger partial charge in [-0.15, -0.1) is 0 Å². The van der Waals surface area contributed by atoms with Crippen LogP contribution in [-0.2, 0) is 17.4 Å². The Labute approximate surface area is 214 Å². The minimum absolute atomic E-state index is 0.0582. The molecule has 3 aliphatic rings. The van der Waals surface area contributed by atoms with E-state index in [4.69, 9.17) is 4.98 Å². The highest BCUT2D eigenvalue weighted by Crippen LogP contribution is 2.47. The van der Waals surface area contributed by atoms with Crippen molar-refractivity contribution in [3.8, 4) is 11.8 Å². The van der Waals surface area contributed by atoms with E-state index in [1.807, 2.05) is 16.8 Å². The van der Waals surface area contributed by atoms with Gasteiger partial charge in [0.25, 0.3) is 5.56 Å². The number of nitrogens with zero attached hydrogens (tertiary/aromatic N) is 6. The molecule has 1 aromatic carbocycles. The molecule has 0 saturated heterocycles. The number of benzene rings is 1. The van der Waals surface area contributed by atoms with E-state index >= 15 is 0 Å². The summed E-state index contributed by atoms with van der Waals surface area (Å²) in [4.78, 5) is 27.2. The fourth-order valence-corrected chi connectivity index (χ4v) is 5.54. The Morgan fingerprint density at radius 1 is 1.16 bits per heavy atom. The molecule has 2 N–H and O–H groups in total. The maximum Gasteiger partial charge on any atom is 0.278 e. The topological polar surface area (TPSA) is 113 Å². The van der Waals surface area contributed by atoms with Gasteiger partial charge in [-0.1, -0.05) is 6.07 Å². The lowest BCUT2D eigenvalue weighted by atomic mass is 9.85. The van der Waals surface area contributed by atoms with Gasteiger partial charge in [-0.2, -0.15) is 10.2 Å². The van der Waals surface area contributed by atoms with E-state index < -0.39 is 5.41 Å². The molecule has 4 aromatic rings. The summed E-state index contributed by atoms with van der Waals surface area (Å²) in [5.41, 5.74) is 4.96. The Hall–Kier alpha value is -4.03. The van der Waals surface area contributed by atoms with E-state index in [0.29, 0.717) is 17.0 Å². The molecule has 0 spiro atoms. The number of rotatable bonds is 5. The second-order valence-corrected chi connectivity index (χ2v) is 11.0. The van der Waals surface area contributed by atoms with Crippen molar-refractivity contribution in [2.75, 3.05) is 11.9 Å². The molecule has 4 heterocycles. The van der Waals surface area contributed by atoms with E-state index in [-0.39, 0.29) is 17.1 Å². The van der Waals surface area contributed by atoms with Gasteiger partial charge in [0.2, 0.25) is 5.95 Å². The maximum absolute atomic E-state index is 13.4.